The Kier molecular flexibility index (Phi) is 4.35. The van der Waals surface area contributed by atoms with Crippen LogP contribution in [0.1, 0.15) is 5.56 Å². The number of hydrogen-bond donors (Lipinski definition) is 1. The van der Waals surface area contributed by atoms with Gasteiger partial charge in [0.2, 0.25) is 0 Å². The van der Waals surface area contributed by atoms with Crippen LogP contribution in [0.5, 0.6) is 0 Å². The van der Waals surface area contributed by atoms with E-state index in [0.29, 0.717) is 5.56 Å². The first-order valence-electron chi connectivity index (χ1n) is 4.88. The lowest BCUT2D eigenvalue weighted by Gasteiger charge is -1.95. The maximum Gasteiger partial charge on any atom is 0.276 e. The number of rotatable bonds is 4. The predicted octanol–water partition coefficient (Wildman–Crippen LogP) is 1.54. The minimum absolute atomic E-state index is 0.0558. The summed E-state index contributed by atoms with van der Waals surface area (Å²) in [6, 6.07) is 7.74. The molecule has 0 heterocycles. The zero-order chi connectivity index (χ0) is 13.5. The molecule has 0 fully saturated rings. The molecule has 1 amide bonds. The highest BCUT2D eigenvalue weighted by Crippen LogP contribution is 2.18. The van der Waals surface area contributed by atoms with E-state index >= 15 is 0 Å². The van der Waals surface area contributed by atoms with E-state index < -0.39 is 10.8 Å². The average molecular weight is 243 g/mol. The smallest absolute Gasteiger partial charge is 0.276 e. The zero-order valence-electron chi connectivity index (χ0n) is 9.24. The third-order valence-corrected chi connectivity index (χ3v) is 2.06. The number of carbonyl (C=O) groups excluding carboxylic acids is 1. The number of nitrogens with two attached hydrogens (primary N) is 1. The molecule has 0 unspecified atom stereocenters. The highest BCUT2D eigenvalue weighted by Gasteiger charge is 2.08. The summed E-state index contributed by atoms with van der Waals surface area (Å²) in [5.41, 5.74) is 5.03. The van der Waals surface area contributed by atoms with Gasteiger partial charge in [-0.25, -0.2) is 0 Å². The second-order valence-electron chi connectivity index (χ2n) is 3.23. The molecule has 0 saturated carbocycles. The van der Waals surface area contributed by atoms with E-state index in [1.54, 1.807) is 24.3 Å². The van der Waals surface area contributed by atoms with Crippen LogP contribution in [0.3, 0.4) is 0 Å². The van der Waals surface area contributed by atoms with Crippen LogP contribution in [0.2, 0.25) is 0 Å². The van der Waals surface area contributed by atoms with E-state index in [1.165, 1.54) is 24.3 Å². The number of benzene rings is 1. The summed E-state index contributed by atoms with van der Waals surface area (Å²) in [5, 5.41) is 19.3. The quantitative estimate of drug-likeness (QED) is 0.284. The molecule has 2 N–H and O–H groups in total. The summed E-state index contributed by atoms with van der Waals surface area (Å²) in [7, 11) is 0. The van der Waals surface area contributed by atoms with Gasteiger partial charge in [-0.2, -0.15) is 5.26 Å². The van der Waals surface area contributed by atoms with Gasteiger partial charge in [0, 0.05) is 6.07 Å². The van der Waals surface area contributed by atoms with Crippen LogP contribution in [0, 0.1) is 21.4 Å². The molecule has 6 heteroatoms. The number of para-hydroxylation sites is 1. The van der Waals surface area contributed by atoms with Gasteiger partial charge >= 0.3 is 0 Å². The van der Waals surface area contributed by atoms with Crippen LogP contribution in [-0.2, 0) is 4.79 Å². The summed E-state index contributed by atoms with van der Waals surface area (Å²) in [4.78, 5) is 20.9. The van der Waals surface area contributed by atoms with Crippen LogP contribution in [0.15, 0.2) is 42.0 Å². The molecule has 18 heavy (non-hydrogen) atoms. The first-order valence-corrected chi connectivity index (χ1v) is 4.88. The number of carbonyl (C=O) groups is 1. The fraction of sp³-hybridized carbons (Fsp3) is 0. The normalized spacial score (nSPS) is 11.2. The predicted molar refractivity (Wildman–Crippen MR) is 65.0 cm³/mol. The Morgan fingerprint density at radius 3 is 2.67 bits per heavy atom. The van der Waals surface area contributed by atoms with Crippen LogP contribution in [0.25, 0.3) is 6.08 Å². The van der Waals surface area contributed by atoms with Crippen LogP contribution in [0.4, 0.5) is 5.69 Å². The minimum atomic E-state index is -0.843. The molecular formula is C12H9N3O3. The lowest BCUT2D eigenvalue weighted by atomic mass is 10.1. The maximum atomic E-state index is 10.7. The van der Waals surface area contributed by atoms with E-state index in [9.17, 15) is 14.9 Å². The van der Waals surface area contributed by atoms with Crippen molar-refractivity contribution in [1.82, 2.24) is 0 Å². The lowest BCUT2D eigenvalue weighted by molar-refractivity contribution is -0.385. The van der Waals surface area contributed by atoms with Crippen molar-refractivity contribution in [1.29, 1.82) is 5.26 Å². The third kappa shape index (κ3) is 3.28. The second kappa shape index (κ2) is 5.96. The lowest BCUT2D eigenvalue weighted by Crippen LogP contribution is -2.12. The number of nitrogens with zero attached hydrogens (tertiary/aromatic N) is 2. The van der Waals surface area contributed by atoms with Crippen LogP contribution < -0.4 is 5.73 Å². The van der Waals surface area contributed by atoms with Gasteiger partial charge in [-0.15, -0.1) is 0 Å². The summed E-state index contributed by atoms with van der Waals surface area (Å²) in [6.45, 7) is 0. The van der Waals surface area contributed by atoms with Crippen molar-refractivity contribution >= 4 is 17.7 Å². The Labute approximate surface area is 103 Å². The summed E-state index contributed by atoms with van der Waals surface area (Å²) in [5.74, 6) is -0.843. The van der Waals surface area contributed by atoms with E-state index in [-0.39, 0.29) is 11.3 Å². The molecule has 0 radical (unpaired) electrons. The van der Waals surface area contributed by atoms with Crippen molar-refractivity contribution < 1.29 is 9.72 Å². The van der Waals surface area contributed by atoms with Crippen LogP contribution >= 0.6 is 0 Å². The zero-order valence-corrected chi connectivity index (χ0v) is 9.24. The molecule has 1 aromatic rings. The molecule has 0 spiro atoms. The van der Waals surface area contributed by atoms with Crippen molar-refractivity contribution in [3.63, 3.8) is 0 Å². The monoisotopic (exact) mass is 243 g/mol. The van der Waals surface area contributed by atoms with Crippen LogP contribution in [-0.4, -0.2) is 10.8 Å². The summed E-state index contributed by atoms with van der Waals surface area (Å²) >= 11 is 0. The van der Waals surface area contributed by atoms with Gasteiger partial charge in [-0.3, -0.25) is 14.9 Å². The largest absolute Gasteiger partial charge is 0.365 e. The van der Waals surface area contributed by atoms with E-state index in [2.05, 4.69) is 0 Å². The van der Waals surface area contributed by atoms with E-state index in [0.717, 1.165) is 0 Å². The average Bonchev–Trinajstić information content (AvgIpc) is 2.34. The van der Waals surface area contributed by atoms with Gasteiger partial charge in [-0.1, -0.05) is 18.2 Å². The third-order valence-electron chi connectivity index (χ3n) is 2.06. The molecule has 90 valence electrons. The summed E-state index contributed by atoms with van der Waals surface area (Å²) in [6.07, 6.45) is 4.00. The molecule has 0 atom stereocenters. The fourth-order valence-electron chi connectivity index (χ4n) is 1.22. The molecule has 0 aliphatic rings. The number of nitriles is 1. The molecule has 0 aliphatic heterocycles. The Bertz CT molecular complexity index is 582. The molecule has 1 aromatic carbocycles. The Morgan fingerprint density at radius 2 is 2.11 bits per heavy atom. The topological polar surface area (TPSA) is 110 Å². The molecule has 1 rings (SSSR count). The number of hydrogen-bond acceptors (Lipinski definition) is 4. The van der Waals surface area contributed by atoms with Crippen molar-refractivity contribution in [2.45, 2.75) is 0 Å². The number of allylic oxidation sites excluding steroid dienone is 2. The standard InChI is InChI=1S/C12H9N3O3/c13-8-10(12(14)16)6-3-5-9-4-1-2-7-11(9)15(17)18/h1-7H,(H2,14,16). The maximum absolute atomic E-state index is 10.7. The number of nitro groups is 1. The Morgan fingerprint density at radius 1 is 1.44 bits per heavy atom. The molecule has 0 saturated heterocycles. The highest BCUT2D eigenvalue weighted by molar-refractivity contribution is 5.96. The van der Waals surface area contributed by atoms with Gasteiger partial charge in [-0.05, 0) is 18.2 Å². The first kappa shape index (κ1) is 13.1. The van der Waals surface area contributed by atoms with Crippen molar-refractivity contribution in [3.05, 3.63) is 57.7 Å². The SMILES string of the molecule is N#CC(=CC=Cc1ccccc1[N+](=O)[O-])C(N)=O. The molecule has 0 aliphatic carbocycles. The number of amides is 1. The first-order chi connectivity index (χ1) is 8.56. The number of nitro benzene ring substituents is 1. The van der Waals surface area contributed by atoms with Crippen molar-refractivity contribution in [2.24, 2.45) is 5.73 Å². The molecule has 0 bridgehead atoms. The van der Waals surface area contributed by atoms with Gasteiger partial charge in [0.1, 0.15) is 11.6 Å². The highest BCUT2D eigenvalue weighted by atomic mass is 16.6. The molecule has 0 aromatic heterocycles. The van der Waals surface area contributed by atoms with E-state index in [1.807, 2.05) is 0 Å². The Hall–Kier alpha value is -2.94. The van der Waals surface area contributed by atoms with E-state index in [4.69, 9.17) is 11.0 Å². The molecule has 6 nitrogen and oxygen atoms in total. The van der Waals surface area contributed by atoms with Gasteiger partial charge < -0.3 is 5.73 Å². The Balaban J connectivity index is 3.03. The number of primary amides is 1. The molecular weight excluding hydrogens is 234 g/mol. The van der Waals surface area contributed by atoms with Crippen molar-refractivity contribution in [3.8, 4) is 6.07 Å². The minimum Gasteiger partial charge on any atom is -0.365 e. The van der Waals surface area contributed by atoms with Crippen molar-refractivity contribution in [2.75, 3.05) is 0 Å². The van der Waals surface area contributed by atoms with Gasteiger partial charge in [0.15, 0.2) is 0 Å². The van der Waals surface area contributed by atoms with Gasteiger partial charge in [0.25, 0.3) is 11.6 Å². The van der Waals surface area contributed by atoms with Gasteiger partial charge in [0.05, 0.1) is 10.5 Å². The second-order valence-corrected chi connectivity index (χ2v) is 3.23. The summed E-state index contributed by atoms with van der Waals surface area (Å²) < 4.78 is 0. The fourth-order valence-corrected chi connectivity index (χ4v) is 1.22.